The van der Waals surface area contributed by atoms with Crippen molar-refractivity contribution in [3.63, 3.8) is 0 Å². The van der Waals surface area contributed by atoms with E-state index in [0.717, 1.165) is 49.9 Å². The van der Waals surface area contributed by atoms with Gasteiger partial charge in [-0.15, -0.1) is 0 Å². The van der Waals surface area contributed by atoms with Gasteiger partial charge < -0.3 is 10.5 Å². The number of aryl methyl sites for hydroxylation is 2. The SMILES string of the molecule is CC1(C)CCC(OC(=O)c2cnc3c(n2)CCCC3)(C(N)=O)CC1. The van der Waals surface area contributed by atoms with Gasteiger partial charge in [0.15, 0.2) is 11.3 Å². The number of amides is 1. The first-order chi connectivity index (χ1) is 11.3. The van der Waals surface area contributed by atoms with Crippen LogP contribution in [0.4, 0.5) is 0 Å². The lowest BCUT2D eigenvalue weighted by atomic mass is 9.70. The topological polar surface area (TPSA) is 95.2 Å². The summed E-state index contributed by atoms with van der Waals surface area (Å²) in [5.41, 5.74) is 6.49. The molecule has 130 valence electrons. The lowest BCUT2D eigenvalue weighted by Gasteiger charge is -2.40. The highest BCUT2D eigenvalue weighted by Gasteiger charge is 2.46. The summed E-state index contributed by atoms with van der Waals surface area (Å²) >= 11 is 0. The fourth-order valence-electron chi connectivity index (χ4n) is 3.50. The number of rotatable bonds is 3. The molecule has 24 heavy (non-hydrogen) atoms. The van der Waals surface area contributed by atoms with Crippen LogP contribution in [-0.2, 0) is 22.4 Å². The summed E-state index contributed by atoms with van der Waals surface area (Å²) in [5.74, 6) is -1.17. The molecule has 3 rings (SSSR count). The predicted molar refractivity (Wildman–Crippen MR) is 88.3 cm³/mol. The van der Waals surface area contributed by atoms with Crippen molar-refractivity contribution >= 4 is 11.9 Å². The molecule has 6 nitrogen and oxygen atoms in total. The highest BCUT2D eigenvalue weighted by molar-refractivity contribution is 5.92. The third-order valence-electron chi connectivity index (χ3n) is 5.37. The van der Waals surface area contributed by atoms with Crippen molar-refractivity contribution < 1.29 is 14.3 Å². The third kappa shape index (κ3) is 3.28. The van der Waals surface area contributed by atoms with Crippen LogP contribution >= 0.6 is 0 Å². The van der Waals surface area contributed by atoms with Gasteiger partial charge in [-0.1, -0.05) is 13.8 Å². The molecular formula is C18H25N3O3. The fourth-order valence-corrected chi connectivity index (χ4v) is 3.50. The summed E-state index contributed by atoms with van der Waals surface area (Å²) in [6.07, 6.45) is 7.84. The van der Waals surface area contributed by atoms with E-state index < -0.39 is 17.5 Å². The number of carbonyl (C=O) groups excluding carboxylic acids is 2. The normalized spacial score (nSPS) is 21.6. The van der Waals surface area contributed by atoms with Gasteiger partial charge in [0.25, 0.3) is 5.91 Å². The van der Waals surface area contributed by atoms with E-state index in [4.69, 9.17) is 10.5 Å². The first-order valence-corrected chi connectivity index (χ1v) is 8.69. The third-order valence-corrected chi connectivity index (χ3v) is 5.37. The van der Waals surface area contributed by atoms with Crippen LogP contribution in [0.25, 0.3) is 0 Å². The molecule has 1 aromatic rings. The molecule has 0 saturated heterocycles. The molecule has 1 amide bonds. The van der Waals surface area contributed by atoms with E-state index in [1.54, 1.807) is 0 Å². The minimum absolute atomic E-state index is 0.136. The van der Waals surface area contributed by atoms with E-state index in [9.17, 15) is 9.59 Å². The van der Waals surface area contributed by atoms with E-state index in [1.807, 2.05) is 0 Å². The summed E-state index contributed by atoms with van der Waals surface area (Å²) in [5, 5.41) is 0. The molecule has 0 spiro atoms. The van der Waals surface area contributed by atoms with Crippen LogP contribution in [-0.4, -0.2) is 27.4 Å². The molecule has 0 bridgehead atoms. The van der Waals surface area contributed by atoms with Crippen LogP contribution in [0.5, 0.6) is 0 Å². The van der Waals surface area contributed by atoms with Gasteiger partial charge >= 0.3 is 5.97 Å². The van der Waals surface area contributed by atoms with Crippen molar-refractivity contribution in [1.29, 1.82) is 0 Å². The lowest BCUT2D eigenvalue weighted by Crippen LogP contribution is -2.51. The van der Waals surface area contributed by atoms with E-state index >= 15 is 0 Å². The maximum Gasteiger partial charge on any atom is 0.359 e. The zero-order valence-corrected chi connectivity index (χ0v) is 14.4. The Bertz CT molecular complexity index is 659. The Morgan fingerprint density at radius 3 is 2.33 bits per heavy atom. The van der Waals surface area contributed by atoms with Crippen LogP contribution in [0, 0.1) is 5.41 Å². The second-order valence-electron chi connectivity index (χ2n) is 7.77. The van der Waals surface area contributed by atoms with Gasteiger partial charge in [-0.3, -0.25) is 9.78 Å². The van der Waals surface area contributed by atoms with Crippen LogP contribution in [0.1, 0.15) is 74.2 Å². The number of esters is 1. The number of fused-ring (bicyclic) bond motifs is 1. The molecule has 0 radical (unpaired) electrons. The number of ether oxygens (including phenoxy) is 1. The fraction of sp³-hybridized carbons (Fsp3) is 0.667. The molecule has 0 aliphatic heterocycles. The molecule has 0 aromatic carbocycles. The van der Waals surface area contributed by atoms with Gasteiger partial charge in [0, 0.05) is 0 Å². The number of nitrogens with zero attached hydrogens (tertiary/aromatic N) is 2. The maximum atomic E-state index is 12.5. The first-order valence-electron chi connectivity index (χ1n) is 8.69. The lowest BCUT2D eigenvalue weighted by molar-refractivity contribution is -0.143. The second kappa shape index (κ2) is 6.15. The number of hydrogen-bond acceptors (Lipinski definition) is 5. The highest BCUT2D eigenvalue weighted by atomic mass is 16.6. The Kier molecular flexibility index (Phi) is 4.32. The van der Waals surface area contributed by atoms with Crippen molar-refractivity contribution in [2.75, 3.05) is 0 Å². The van der Waals surface area contributed by atoms with E-state index in [1.165, 1.54) is 6.20 Å². The van der Waals surface area contributed by atoms with Gasteiger partial charge in [0.05, 0.1) is 17.6 Å². The van der Waals surface area contributed by atoms with Crippen LogP contribution in [0.3, 0.4) is 0 Å². The number of carbonyl (C=O) groups is 2. The Morgan fingerprint density at radius 2 is 1.71 bits per heavy atom. The number of nitrogens with two attached hydrogens (primary N) is 1. The molecule has 0 atom stereocenters. The molecule has 1 fully saturated rings. The molecule has 2 aliphatic carbocycles. The Balaban J connectivity index is 1.78. The van der Waals surface area contributed by atoms with Crippen LogP contribution in [0.15, 0.2) is 6.20 Å². The number of aromatic nitrogens is 2. The monoisotopic (exact) mass is 331 g/mol. The Labute approximate surface area is 142 Å². The largest absolute Gasteiger partial charge is 0.444 e. The summed E-state index contributed by atoms with van der Waals surface area (Å²) in [4.78, 5) is 33.3. The molecule has 2 aliphatic rings. The zero-order chi connectivity index (χ0) is 17.4. The minimum atomic E-state index is -1.22. The quantitative estimate of drug-likeness (QED) is 0.858. The summed E-state index contributed by atoms with van der Waals surface area (Å²) in [6, 6.07) is 0. The number of hydrogen-bond donors (Lipinski definition) is 1. The van der Waals surface area contributed by atoms with Crippen LogP contribution < -0.4 is 5.73 Å². The smallest absolute Gasteiger partial charge is 0.359 e. The van der Waals surface area contributed by atoms with Gasteiger partial charge in [-0.05, 0) is 56.8 Å². The van der Waals surface area contributed by atoms with Gasteiger partial charge in [0.2, 0.25) is 0 Å². The molecule has 6 heteroatoms. The second-order valence-corrected chi connectivity index (χ2v) is 7.77. The first kappa shape index (κ1) is 16.9. The summed E-state index contributed by atoms with van der Waals surface area (Å²) in [7, 11) is 0. The molecule has 1 heterocycles. The molecular weight excluding hydrogens is 306 g/mol. The average Bonchev–Trinajstić information content (AvgIpc) is 2.56. The van der Waals surface area contributed by atoms with Gasteiger partial charge in [-0.25, -0.2) is 9.78 Å². The Morgan fingerprint density at radius 1 is 1.08 bits per heavy atom. The summed E-state index contributed by atoms with van der Waals surface area (Å²) in [6.45, 7) is 4.30. The van der Waals surface area contributed by atoms with Gasteiger partial charge in [0.1, 0.15) is 0 Å². The van der Waals surface area contributed by atoms with Crippen molar-refractivity contribution in [2.45, 2.75) is 70.8 Å². The average molecular weight is 331 g/mol. The highest BCUT2D eigenvalue weighted by Crippen LogP contribution is 2.42. The van der Waals surface area contributed by atoms with Crippen molar-refractivity contribution in [3.8, 4) is 0 Å². The standard InChI is InChI=1S/C18H25N3O3/c1-17(2)7-9-18(10-8-17,16(19)23)24-15(22)14-11-20-12-5-3-4-6-13(12)21-14/h11H,3-10H2,1-2H3,(H2,19,23). The minimum Gasteiger partial charge on any atom is -0.444 e. The predicted octanol–water partition coefficient (Wildman–Crippen LogP) is 2.34. The van der Waals surface area contributed by atoms with Crippen molar-refractivity contribution in [1.82, 2.24) is 9.97 Å². The van der Waals surface area contributed by atoms with Gasteiger partial charge in [-0.2, -0.15) is 0 Å². The molecule has 1 saturated carbocycles. The zero-order valence-electron chi connectivity index (χ0n) is 14.4. The van der Waals surface area contributed by atoms with E-state index in [-0.39, 0.29) is 11.1 Å². The van der Waals surface area contributed by atoms with Crippen molar-refractivity contribution in [3.05, 3.63) is 23.3 Å². The molecule has 0 unspecified atom stereocenters. The summed E-state index contributed by atoms with van der Waals surface area (Å²) < 4.78 is 5.59. The Hall–Kier alpha value is -1.98. The molecule has 2 N–H and O–H groups in total. The van der Waals surface area contributed by atoms with E-state index in [2.05, 4.69) is 23.8 Å². The maximum absolute atomic E-state index is 12.5. The number of primary amides is 1. The molecule has 1 aromatic heterocycles. The van der Waals surface area contributed by atoms with Crippen molar-refractivity contribution in [2.24, 2.45) is 11.1 Å². The van der Waals surface area contributed by atoms with E-state index in [0.29, 0.717) is 12.8 Å². The van der Waals surface area contributed by atoms with Crippen LogP contribution in [0.2, 0.25) is 0 Å².